The minimum Gasteiger partial charge on any atom is -0.494 e. The van der Waals surface area contributed by atoms with Crippen molar-refractivity contribution in [2.45, 2.75) is 26.2 Å². The maximum Gasteiger partial charge on any atom is 0.191 e. The van der Waals surface area contributed by atoms with Gasteiger partial charge in [-0.25, -0.2) is 4.39 Å². The third kappa shape index (κ3) is 11.4. The second-order valence-electron chi connectivity index (χ2n) is 5.04. The summed E-state index contributed by atoms with van der Waals surface area (Å²) in [6, 6.07) is 6.09. The summed E-state index contributed by atoms with van der Waals surface area (Å²) in [4.78, 5) is 4.47. The highest BCUT2D eigenvalue weighted by Gasteiger charge is 1.98. The Hall–Kier alpha value is -1.09. The van der Waals surface area contributed by atoms with Crippen LogP contribution in [0.3, 0.4) is 0 Å². The number of hydrogen-bond acceptors (Lipinski definition) is 3. The molecule has 0 aliphatic heterocycles. The Morgan fingerprint density at radius 2 is 1.83 bits per heavy atom. The smallest absolute Gasteiger partial charge is 0.191 e. The number of guanidine groups is 1. The van der Waals surface area contributed by atoms with E-state index in [-0.39, 0.29) is 29.8 Å². The number of ether oxygens (including phenoxy) is 2. The van der Waals surface area contributed by atoms with Crippen LogP contribution in [0.15, 0.2) is 29.3 Å². The highest BCUT2D eigenvalue weighted by atomic mass is 127. The monoisotopic (exact) mass is 453 g/mol. The molecule has 0 heterocycles. The average Bonchev–Trinajstić information content (AvgIpc) is 2.56. The number of rotatable bonds is 11. The molecule has 0 amide bonds. The Labute approximate surface area is 161 Å². The zero-order valence-electron chi connectivity index (χ0n) is 14.5. The molecule has 1 aromatic rings. The van der Waals surface area contributed by atoms with Crippen LogP contribution in [0.2, 0.25) is 0 Å². The number of methoxy groups -OCH3 is 1. The number of benzene rings is 1. The fourth-order valence-corrected chi connectivity index (χ4v) is 1.90. The van der Waals surface area contributed by atoms with Crippen molar-refractivity contribution >= 4 is 29.9 Å². The zero-order valence-corrected chi connectivity index (χ0v) is 16.8. The molecule has 0 atom stereocenters. The Morgan fingerprint density at radius 1 is 1.08 bits per heavy atom. The van der Waals surface area contributed by atoms with Gasteiger partial charge in [0.05, 0.1) is 6.61 Å². The summed E-state index contributed by atoms with van der Waals surface area (Å²) in [6.45, 7) is 5.81. The van der Waals surface area contributed by atoms with E-state index in [4.69, 9.17) is 9.47 Å². The van der Waals surface area contributed by atoms with Gasteiger partial charge in [0.1, 0.15) is 11.6 Å². The Balaban J connectivity index is 0.00000529. The van der Waals surface area contributed by atoms with Crippen LogP contribution in [0.5, 0.6) is 5.75 Å². The number of nitrogens with one attached hydrogen (secondary N) is 2. The summed E-state index contributed by atoms with van der Waals surface area (Å²) in [7, 11) is 1.70. The van der Waals surface area contributed by atoms with Crippen molar-refractivity contribution in [1.82, 2.24) is 10.6 Å². The normalized spacial score (nSPS) is 10.9. The van der Waals surface area contributed by atoms with Gasteiger partial charge in [-0.1, -0.05) is 0 Å². The van der Waals surface area contributed by atoms with Crippen molar-refractivity contribution in [3.05, 3.63) is 30.1 Å². The first-order valence-corrected chi connectivity index (χ1v) is 8.15. The molecule has 0 saturated carbocycles. The Morgan fingerprint density at radius 3 is 2.50 bits per heavy atom. The van der Waals surface area contributed by atoms with E-state index >= 15 is 0 Å². The van der Waals surface area contributed by atoms with Gasteiger partial charge in [-0.05, 0) is 50.5 Å². The first-order chi connectivity index (χ1) is 11.3. The maximum absolute atomic E-state index is 12.8. The Bertz CT molecular complexity index is 444. The molecule has 0 radical (unpaired) electrons. The van der Waals surface area contributed by atoms with E-state index in [0.29, 0.717) is 12.4 Å². The number of nitrogens with zero attached hydrogens (tertiary/aromatic N) is 1. The molecule has 0 spiro atoms. The van der Waals surface area contributed by atoms with Crippen LogP contribution in [0, 0.1) is 5.82 Å². The van der Waals surface area contributed by atoms with Crippen LogP contribution in [0.1, 0.15) is 26.2 Å². The lowest BCUT2D eigenvalue weighted by Gasteiger charge is -2.11. The Kier molecular flexibility index (Phi) is 14.7. The van der Waals surface area contributed by atoms with E-state index in [2.05, 4.69) is 15.6 Å². The molecular formula is C17H29FIN3O2. The standard InChI is InChI=1S/C17H28FN3O2.HI/c1-3-19-17(21-12-6-13-22-2)20-11-4-5-14-23-16-9-7-15(18)8-10-16;/h7-10H,3-6,11-14H2,1-2H3,(H2,19,20,21);1H. The second kappa shape index (κ2) is 15.4. The van der Waals surface area contributed by atoms with Crippen molar-refractivity contribution in [2.24, 2.45) is 4.99 Å². The molecule has 0 aliphatic rings. The zero-order chi connectivity index (χ0) is 16.8. The highest BCUT2D eigenvalue weighted by Crippen LogP contribution is 2.11. The third-order valence-corrected chi connectivity index (χ3v) is 3.07. The maximum atomic E-state index is 12.8. The molecule has 0 bridgehead atoms. The fraction of sp³-hybridized carbons (Fsp3) is 0.588. The van der Waals surface area contributed by atoms with Gasteiger partial charge < -0.3 is 20.1 Å². The van der Waals surface area contributed by atoms with Crippen LogP contribution in [0.25, 0.3) is 0 Å². The molecule has 2 N–H and O–H groups in total. The van der Waals surface area contributed by atoms with Gasteiger partial charge in [-0.3, -0.25) is 4.99 Å². The predicted molar refractivity (Wildman–Crippen MR) is 107 cm³/mol. The van der Waals surface area contributed by atoms with Crippen LogP contribution < -0.4 is 15.4 Å². The number of unbranched alkanes of at least 4 members (excludes halogenated alkanes) is 1. The van der Waals surface area contributed by atoms with E-state index in [1.165, 1.54) is 12.1 Å². The molecule has 24 heavy (non-hydrogen) atoms. The molecule has 0 saturated heterocycles. The molecule has 138 valence electrons. The third-order valence-electron chi connectivity index (χ3n) is 3.07. The van der Waals surface area contributed by atoms with Gasteiger partial charge in [-0.2, -0.15) is 0 Å². The lowest BCUT2D eigenvalue weighted by atomic mass is 10.3. The molecule has 0 aliphatic carbocycles. The summed E-state index contributed by atoms with van der Waals surface area (Å²) in [6.07, 6.45) is 2.82. The van der Waals surface area contributed by atoms with E-state index < -0.39 is 0 Å². The van der Waals surface area contributed by atoms with E-state index in [1.807, 2.05) is 6.92 Å². The summed E-state index contributed by atoms with van der Waals surface area (Å²) in [5, 5.41) is 6.51. The van der Waals surface area contributed by atoms with Gasteiger partial charge >= 0.3 is 0 Å². The van der Waals surface area contributed by atoms with E-state index in [9.17, 15) is 4.39 Å². The number of aliphatic imine (C=N–C) groups is 1. The molecule has 5 nitrogen and oxygen atoms in total. The molecule has 0 aromatic heterocycles. The van der Waals surface area contributed by atoms with Crippen molar-refractivity contribution in [3.8, 4) is 5.75 Å². The van der Waals surface area contributed by atoms with Crippen molar-refractivity contribution in [1.29, 1.82) is 0 Å². The molecule has 0 fully saturated rings. The molecule has 1 aromatic carbocycles. The molecule has 7 heteroatoms. The lowest BCUT2D eigenvalue weighted by Crippen LogP contribution is -2.38. The van der Waals surface area contributed by atoms with Crippen LogP contribution in [-0.4, -0.2) is 45.9 Å². The first-order valence-electron chi connectivity index (χ1n) is 8.15. The predicted octanol–water partition coefficient (Wildman–Crippen LogP) is 3.19. The summed E-state index contributed by atoms with van der Waals surface area (Å²) in [5.74, 6) is 1.29. The quantitative estimate of drug-likeness (QED) is 0.234. The molecule has 0 unspecified atom stereocenters. The minimum atomic E-state index is -0.248. The van der Waals surface area contributed by atoms with Gasteiger partial charge in [0.2, 0.25) is 0 Å². The van der Waals surface area contributed by atoms with Gasteiger partial charge in [0.25, 0.3) is 0 Å². The SMILES string of the molecule is CCNC(=NCCCOC)NCCCCOc1ccc(F)cc1.I. The second-order valence-corrected chi connectivity index (χ2v) is 5.04. The molecule has 1 rings (SSSR count). The van der Waals surface area contributed by atoms with Crippen LogP contribution >= 0.6 is 24.0 Å². The number of halogens is 2. The highest BCUT2D eigenvalue weighted by molar-refractivity contribution is 14.0. The van der Waals surface area contributed by atoms with Gasteiger partial charge in [0, 0.05) is 33.4 Å². The van der Waals surface area contributed by atoms with Crippen LogP contribution in [-0.2, 0) is 4.74 Å². The van der Waals surface area contributed by atoms with E-state index in [1.54, 1.807) is 19.2 Å². The largest absolute Gasteiger partial charge is 0.494 e. The van der Waals surface area contributed by atoms with Crippen molar-refractivity contribution < 1.29 is 13.9 Å². The number of hydrogen-bond donors (Lipinski definition) is 2. The topological polar surface area (TPSA) is 54.9 Å². The van der Waals surface area contributed by atoms with Gasteiger partial charge in [0.15, 0.2) is 5.96 Å². The van der Waals surface area contributed by atoms with Gasteiger partial charge in [-0.15, -0.1) is 24.0 Å². The fourth-order valence-electron chi connectivity index (χ4n) is 1.90. The summed E-state index contributed by atoms with van der Waals surface area (Å²) < 4.78 is 23.3. The minimum absolute atomic E-state index is 0. The van der Waals surface area contributed by atoms with E-state index in [0.717, 1.165) is 51.5 Å². The average molecular weight is 453 g/mol. The molecular weight excluding hydrogens is 424 g/mol. The van der Waals surface area contributed by atoms with Crippen molar-refractivity contribution in [3.63, 3.8) is 0 Å². The lowest BCUT2D eigenvalue weighted by molar-refractivity contribution is 0.197. The summed E-state index contributed by atoms with van der Waals surface area (Å²) in [5.41, 5.74) is 0. The first kappa shape index (κ1) is 22.9. The van der Waals surface area contributed by atoms with Crippen molar-refractivity contribution in [2.75, 3.05) is 40.0 Å². The summed E-state index contributed by atoms with van der Waals surface area (Å²) >= 11 is 0. The van der Waals surface area contributed by atoms with Crippen LogP contribution in [0.4, 0.5) is 4.39 Å².